The highest BCUT2D eigenvalue weighted by molar-refractivity contribution is 5.56. The Balaban J connectivity index is 2.02. The largest absolute Gasteiger partial charge is 0.469 e. The van der Waals surface area contributed by atoms with Gasteiger partial charge < -0.3 is 19.0 Å². The number of aromatic nitrogens is 2. The Labute approximate surface area is 118 Å². The molecule has 1 unspecified atom stereocenters. The molecular formula is C14H21N3O3. The average Bonchev–Trinajstić information content (AvgIpc) is 3.05. The zero-order valence-electron chi connectivity index (χ0n) is 12.2. The van der Waals surface area contributed by atoms with E-state index in [1.54, 1.807) is 13.4 Å². The van der Waals surface area contributed by atoms with E-state index in [9.17, 15) is 0 Å². The van der Waals surface area contributed by atoms with E-state index in [1.165, 1.54) is 0 Å². The minimum absolute atomic E-state index is 0.179. The Morgan fingerprint density at radius 1 is 1.45 bits per heavy atom. The van der Waals surface area contributed by atoms with Gasteiger partial charge in [-0.3, -0.25) is 0 Å². The summed E-state index contributed by atoms with van der Waals surface area (Å²) in [7, 11) is 1.69. The van der Waals surface area contributed by atoms with Crippen LogP contribution in [-0.4, -0.2) is 36.4 Å². The van der Waals surface area contributed by atoms with Gasteiger partial charge in [0.05, 0.1) is 18.4 Å². The fourth-order valence-electron chi connectivity index (χ4n) is 2.01. The van der Waals surface area contributed by atoms with Gasteiger partial charge in [0.15, 0.2) is 0 Å². The Morgan fingerprint density at radius 3 is 2.95 bits per heavy atom. The van der Waals surface area contributed by atoms with Gasteiger partial charge in [-0.1, -0.05) is 12.1 Å². The minimum atomic E-state index is 0.179. The van der Waals surface area contributed by atoms with Crippen molar-refractivity contribution in [2.75, 3.05) is 20.3 Å². The van der Waals surface area contributed by atoms with Crippen LogP contribution in [0.4, 0.5) is 0 Å². The number of furan rings is 1. The molecule has 0 bridgehead atoms. The van der Waals surface area contributed by atoms with Crippen molar-refractivity contribution in [2.24, 2.45) is 0 Å². The molecule has 2 aromatic rings. The Hall–Kier alpha value is -1.66. The van der Waals surface area contributed by atoms with Gasteiger partial charge in [0, 0.05) is 19.6 Å². The molecule has 0 spiro atoms. The van der Waals surface area contributed by atoms with Crippen molar-refractivity contribution in [1.29, 1.82) is 0 Å². The molecule has 0 aliphatic rings. The van der Waals surface area contributed by atoms with E-state index in [0.29, 0.717) is 24.7 Å². The van der Waals surface area contributed by atoms with Crippen LogP contribution >= 0.6 is 0 Å². The van der Waals surface area contributed by atoms with E-state index < -0.39 is 0 Å². The van der Waals surface area contributed by atoms with Gasteiger partial charge >= 0.3 is 0 Å². The summed E-state index contributed by atoms with van der Waals surface area (Å²) in [5.41, 5.74) is 0.866. The molecule has 1 N–H and O–H groups in total. The quantitative estimate of drug-likeness (QED) is 0.798. The Morgan fingerprint density at radius 2 is 2.30 bits per heavy atom. The molecule has 1 atom stereocenters. The van der Waals surface area contributed by atoms with Gasteiger partial charge in [-0.25, -0.2) is 0 Å². The smallest absolute Gasteiger partial charge is 0.228 e. The highest BCUT2D eigenvalue weighted by atomic mass is 16.5. The maximum absolute atomic E-state index is 5.30. The molecule has 0 amide bonds. The summed E-state index contributed by atoms with van der Waals surface area (Å²) in [6.45, 7) is 5.56. The van der Waals surface area contributed by atoms with Crippen LogP contribution in [0.1, 0.15) is 25.0 Å². The molecule has 110 valence electrons. The monoisotopic (exact) mass is 279 g/mol. The first-order chi connectivity index (χ1) is 9.74. The van der Waals surface area contributed by atoms with Crippen molar-refractivity contribution in [3.63, 3.8) is 0 Å². The first kappa shape index (κ1) is 14.7. The molecule has 2 heterocycles. The fourth-order valence-corrected chi connectivity index (χ4v) is 2.01. The summed E-state index contributed by atoms with van der Waals surface area (Å²) in [5.74, 6) is 1.96. The molecule has 2 rings (SSSR count). The molecule has 0 saturated heterocycles. The highest BCUT2D eigenvalue weighted by Crippen LogP contribution is 2.21. The summed E-state index contributed by atoms with van der Waals surface area (Å²) in [6, 6.07) is 2.02. The van der Waals surface area contributed by atoms with Crippen molar-refractivity contribution >= 4 is 0 Å². The van der Waals surface area contributed by atoms with Crippen molar-refractivity contribution < 1.29 is 13.7 Å². The predicted molar refractivity (Wildman–Crippen MR) is 74.4 cm³/mol. The molecule has 20 heavy (non-hydrogen) atoms. The van der Waals surface area contributed by atoms with Crippen LogP contribution in [-0.2, 0) is 11.2 Å². The lowest BCUT2D eigenvalue weighted by atomic mass is 10.2. The van der Waals surface area contributed by atoms with Gasteiger partial charge in [0.25, 0.3) is 0 Å². The van der Waals surface area contributed by atoms with Crippen LogP contribution in [0.3, 0.4) is 0 Å². The zero-order chi connectivity index (χ0) is 14.4. The third-order valence-electron chi connectivity index (χ3n) is 3.04. The van der Waals surface area contributed by atoms with E-state index in [1.807, 2.05) is 13.0 Å². The third kappa shape index (κ3) is 3.68. The number of nitrogens with zero attached hydrogens (tertiary/aromatic N) is 2. The first-order valence-corrected chi connectivity index (χ1v) is 6.84. The second-order valence-corrected chi connectivity index (χ2v) is 4.71. The number of rotatable bonds is 8. The van der Waals surface area contributed by atoms with Crippen LogP contribution in [0.25, 0.3) is 11.4 Å². The number of ether oxygens (including phenoxy) is 1. The first-order valence-electron chi connectivity index (χ1n) is 6.84. The Bertz CT molecular complexity index is 521. The number of methoxy groups -OCH3 is 1. The minimum Gasteiger partial charge on any atom is -0.469 e. The van der Waals surface area contributed by atoms with Crippen LogP contribution in [0.15, 0.2) is 21.3 Å². The van der Waals surface area contributed by atoms with Crippen LogP contribution in [0.2, 0.25) is 0 Å². The molecule has 0 saturated carbocycles. The third-order valence-corrected chi connectivity index (χ3v) is 3.04. The molecular weight excluding hydrogens is 258 g/mol. The molecule has 6 heteroatoms. The van der Waals surface area contributed by atoms with Gasteiger partial charge in [0.1, 0.15) is 5.76 Å². The summed E-state index contributed by atoms with van der Waals surface area (Å²) in [4.78, 5) is 4.41. The maximum atomic E-state index is 5.30. The highest BCUT2D eigenvalue weighted by Gasteiger charge is 2.16. The van der Waals surface area contributed by atoms with E-state index >= 15 is 0 Å². The molecule has 0 radical (unpaired) electrons. The standard InChI is InChI=1S/C14H21N3O3/c1-4-6-15-11(9-18-3)8-13-16-14(17-20-13)12-5-7-19-10(12)2/h5,7,11,15H,4,6,8-9H2,1-3H3. The second kappa shape index (κ2) is 7.21. The van der Waals surface area contributed by atoms with Gasteiger partial charge in [0.2, 0.25) is 11.7 Å². The lowest BCUT2D eigenvalue weighted by Crippen LogP contribution is -2.35. The van der Waals surface area contributed by atoms with E-state index in [2.05, 4.69) is 22.4 Å². The predicted octanol–water partition coefficient (Wildman–Crippen LogP) is 2.20. The van der Waals surface area contributed by atoms with Crippen LogP contribution in [0.5, 0.6) is 0 Å². The molecule has 6 nitrogen and oxygen atoms in total. The number of nitrogens with one attached hydrogen (secondary N) is 1. The molecule has 0 fully saturated rings. The molecule has 2 aromatic heterocycles. The van der Waals surface area contributed by atoms with Crippen molar-refractivity contribution in [3.05, 3.63) is 24.0 Å². The Kier molecular flexibility index (Phi) is 5.31. The van der Waals surface area contributed by atoms with Gasteiger partial charge in [-0.15, -0.1) is 0 Å². The lowest BCUT2D eigenvalue weighted by Gasteiger charge is -2.15. The fraction of sp³-hybridized carbons (Fsp3) is 0.571. The topological polar surface area (TPSA) is 73.3 Å². The molecule has 0 aliphatic carbocycles. The van der Waals surface area contributed by atoms with Crippen LogP contribution in [0, 0.1) is 6.92 Å². The van der Waals surface area contributed by atoms with Gasteiger partial charge in [-0.2, -0.15) is 4.98 Å². The molecule has 0 aliphatic heterocycles. The number of aryl methyl sites for hydroxylation is 1. The number of hydrogen-bond acceptors (Lipinski definition) is 6. The van der Waals surface area contributed by atoms with Crippen molar-refractivity contribution in [3.8, 4) is 11.4 Å². The summed E-state index contributed by atoms with van der Waals surface area (Å²) in [5, 5.41) is 7.40. The second-order valence-electron chi connectivity index (χ2n) is 4.71. The lowest BCUT2D eigenvalue weighted by molar-refractivity contribution is 0.161. The van der Waals surface area contributed by atoms with E-state index in [4.69, 9.17) is 13.7 Å². The maximum Gasteiger partial charge on any atom is 0.228 e. The van der Waals surface area contributed by atoms with Crippen molar-refractivity contribution in [1.82, 2.24) is 15.5 Å². The number of hydrogen-bond donors (Lipinski definition) is 1. The zero-order valence-corrected chi connectivity index (χ0v) is 12.2. The SMILES string of the molecule is CCCNC(COC)Cc1nc(-c2ccoc2C)no1. The van der Waals surface area contributed by atoms with Crippen molar-refractivity contribution in [2.45, 2.75) is 32.7 Å². The average molecular weight is 279 g/mol. The summed E-state index contributed by atoms with van der Waals surface area (Å²) < 4.78 is 15.8. The summed E-state index contributed by atoms with van der Waals surface area (Å²) in [6.07, 6.45) is 3.35. The van der Waals surface area contributed by atoms with Gasteiger partial charge in [-0.05, 0) is 26.0 Å². The van der Waals surface area contributed by atoms with E-state index in [0.717, 1.165) is 24.3 Å². The van der Waals surface area contributed by atoms with Crippen LogP contribution < -0.4 is 5.32 Å². The van der Waals surface area contributed by atoms with E-state index in [-0.39, 0.29) is 6.04 Å². The summed E-state index contributed by atoms with van der Waals surface area (Å²) >= 11 is 0. The molecule has 0 aromatic carbocycles. The normalized spacial score (nSPS) is 12.8.